The van der Waals surface area contributed by atoms with Crippen LogP contribution in [0.1, 0.15) is 26.6 Å². The first-order chi connectivity index (χ1) is 14.6. The van der Waals surface area contributed by atoms with Crippen molar-refractivity contribution in [3.05, 3.63) is 94.2 Å². The molecule has 0 N–H and O–H groups in total. The highest BCUT2D eigenvalue weighted by Gasteiger charge is 2.14. The number of rotatable bonds is 7. The zero-order valence-electron chi connectivity index (χ0n) is 16.9. The second kappa shape index (κ2) is 8.92. The molecular weight excluding hydrogens is 396 g/mol. The summed E-state index contributed by atoms with van der Waals surface area (Å²) in [4.78, 5) is 19.0. The minimum absolute atomic E-state index is 0.0718. The van der Waals surface area contributed by atoms with E-state index < -0.39 is 0 Å². The third-order valence-corrected chi connectivity index (χ3v) is 5.38. The molecule has 2 aromatic heterocycles. The lowest BCUT2D eigenvalue weighted by atomic mass is 10.2. The SMILES string of the molecule is Cc1nc(COc2cccc(C(=O)N(C)Cc3cnn(-c4ccccc4)c3)c2)cs1. The molecule has 4 aromatic rings. The van der Waals surface area contributed by atoms with Gasteiger partial charge in [0.05, 0.1) is 22.6 Å². The summed E-state index contributed by atoms with van der Waals surface area (Å²) in [6, 6.07) is 17.1. The summed E-state index contributed by atoms with van der Waals surface area (Å²) in [6.07, 6.45) is 3.72. The van der Waals surface area contributed by atoms with E-state index in [9.17, 15) is 4.79 Å². The fraction of sp³-hybridized carbons (Fsp3) is 0.174. The maximum absolute atomic E-state index is 12.9. The van der Waals surface area contributed by atoms with Crippen LogP contribution in [0.15, 0.2) is 72.4 Å². The molecule has 0 saturated heterocycles. The number of ether oxygens (including phenoxy) is 1. The van der Waals surface area contributed by atoms with Crippen molar-refractivity contribution in [1.29, 1.82) is 0 Å². The van der Waals surface area contributed by atoms with E-state index >= 15 is 0 Å². The summed E-state index contributed by atoms with van der Waals surface area (Å²) in [5.74, 6) is 0.578. The van der Waals surface area contributed by atoms with Gasteiger partial charge in [-0.15, -0.1) is 11.3 Å². The lowest BCUT2D eigenvalue weighted by Gasteiger charge is -2.17. The van der Waals surface area contributed by atoms with Crippen molar-refractivity contribution in [2.75, 3.05) is 7.05 Å². The molecule has 0 radical (unpaired) electrons. The fourth-order valence-corrected chi connectivity index (χ4v) is 3.68. The van der Waals surface area contributed by atoms with Crippen LogP contribution in [0.25, 0.3) is 5.69 Å². The Morgan fingerprint density at radius 3 is 2.77 bits per heavy atom. The average molecular weight is 419 g/mol. The number of carbonyl (C=O) groups excluding carboxylic acids is 1. The Balaban J connectivity index is 1.39. The first-order valence-electron chi connectivity index (χ1n) is 9.57. The Bertz CT molecular complexity index is 1140. The van der Waals surface area contributed by atoms with E-state index in [1.165, 1.54) is 0 Å². The van der Waals surface area contributed by atoms with Crippen molar-refractivity contribution in [3.8, 4) is 11.4 Å². The molecule has 6 nitrogen and oxygen atoms in total. The van der Waals surface area contributed by atoms with Crippen molar-refractivity contribution >= 4 is 17.2 Å². The van der Waals surface area contributed by atoms with Crippen molar-refractivity contribution < 1.29 is 9.53 Å². The number of hydrogen-bond acceptors (Lipinski definition) is 5. The predicted octanol–water partition coefficient (Wildman–Crippen LogP) is 4.49. The first-order valence-corrected chi connectivity index (χ1v) is 10.4. The van der Waals surface area contributed by atoms with Crippen LogP contribution in [-0.2, 0) is 13.2 Å². The van der Waals surface area contributed by atoms with E-state index in [2.05, 4.69) is 10.1 Å². The van der Waals surface area contributed by atoms with Gasteiger partial charge in [0.15, 0.2) is 0 Å². The molecular formula is C23H22N4O2S. The molecule has 2 heterocycles. The van der Waals surface area contributed by atoms with E-state index in [0.29, 0.717) is 24.5 Å². The van der Waals surface area contributed by atoms with Gasteiger partial charge in [-0.3, -0.25) is 4.79 Å². The van der Waals surface area contributed by atoms with Crippen LogP contribution in [0.5, 0.6) is 5.75 Å². The van der Waals surface area contributed by atoms with Gasteiger partial charge in [-0.05, 0) is 37.3 Å². The van der Waals surface area contributed by atoms with Crippen molar-refractivity contribution in [2.45, 2.75) is 20.1 Å². The molecule has 1 amide bonds. The average Bonchev–Trinajstić information content (AvgIpc) is 3.41. The smallest absolute Gasteiger partial charge is 0.254 e. The lowest BCUT2D eigenvalue weighted by Crippen LogP contribution is -2.26. The van der Waals surface area contributed by atoms with Crippen LogP contribution in [0.4, 0.5) is 0 Å². The monoisotopic (exact) mass is 418 g/mol. The fourth-order valence-electron chi connectivity index (χ4n) is 3.08. The molecule has 7 heteroatoms. The topological polar surface area (TPSA) is 60.2 Å². The Morgan fingerprint density at radius 1 is 1.17 bits per heavy atom. The zero-order chi connectivity index (χ0) is 20.9. The summed E-state index contributed by atoms with van der Waals surface area (Å²) in [7, 11) is 1.79. The second-order valence-corrected chi connectivity index (χ2v) is 8.03. The van der Waals surface area contributed by atoms with E-state index in [-0.39, 0.29) is 5.91 Å². The Labute approximate surface area is 179 Å². The van der Waals surface area contributed by atoms with Gasteiger partial charge in [-0.1, -0.05) is 24.3 Å². The molecule has 0 saturated carbocycles. The van der Waals surface area contributed by atoms with Crippen molar-refractivity contribution in [1.82, 2.24) is 19.7 Å². The van der Waals surface area contributed by atoms with E-state index in [0.717, 1.165) is 22.0 Å². The van der Waals surface area contributed by atoms with Crippen LogP contribution >= 0.6 is 11.3 Å². The van der Waals surface area contributed by atoms with E-state index in [1.54, 1.807) is 41.6 Å². The van der Waals surface area contributed by atoms with E-state index in [1.807, 2.05) is 65.6 Å². The van der Waals surface area contributed by atoms with Crippen LogP contribution in [0, 0.1) is 6.92 Å². The number of amides is 1. The van der Waals surface area contributed by atoms with Gasteiger partial charge in [0.1, 0.15) is 12.4 Å². The Hall–Kier alpha value is -3.45. The second-order valence-electron chi connectivity index (χ2n) is 6.96. The third-order valence-electron chi connectivity index (χ3n) is 4.56. The number of nitrogens with zero attached hydrogens (tertiary/aromatic N) is 4. The van der Waals surface area contributed by atoms with Gasteiger partial charge in [0.25, 0.3) is 5.91 Å². The van der Waals surface area contributed by atoms with Crippen molar-refractivity contribution in [2.24, 2.45) is 0 Å². The Morgan fingerprint density at radius 2 is 2.00 bits per heavy atom. The van der Waals surface area contributed by atoms with Gasteiger partial charge in [0.2, 0.25) is 0 Å². The van der Waals surface area contributed by atoms with Crippen molar-refractivity contribution in [3.63, 3.8) is 0 Å². The molecule has 4 rings (SSSR count). The number of carbonyl (C=O) groups is 1. The summed E-state index contributed by atoms with van der Waals surface area (Å²) < 4.78 is 7.61. The number of aryl methyl sites for hydroxylation is 1. The molecule has 0 atom stereocenters. The molecule has 0 aliphatic carbocycles. The van der Waals surface area contributed by atoms with Crippen LogP contribution in [-0.4, -0.2) is 32.6 Å². The Kier molecular flexibility index (Phi) is 5.90. The molecule has 0 bridgehead atoms. The van der Waals surface area contributed by atoms with Gasteiger partial charge in [-0.25, -0.2) is 9.67 Å². The lowest BCUT2D eigenvalue weighted by molar-refractivity contribution is 0.0784. The maximum atomic E-state index is 12.9. The van der Waals surface area contributed by atoms with Gasteiger partial charge >= 0.3 is 0 Å². The van der Waals surface area contributed by atoms with Gasteiger partial charge in [-0.2, -0.15) is 5.10 Å². The summed E-state index contributed by atoms with van der Waals surface area (Å²) in [5.41, 5.74) is 3.42. The van der Waals surface area contributed by atoms with E-state index in [4.69, 9.17) is 4.74 Å². The molecule has 0 fully saturated rings. The molecule has 0 aliphatic heterocycles. The summed E-state index contributed by atoms with van der Waals surface area (Å²) in [6.45, 7) is 2.82. The highest BCUT2D eigenvalue weighted by molar-refractivity contribution is 7.09. The highest BCUT2D eigenvalue weighted by atomic mass is 32.1. The molecule has 0 unspecified atom stereocenters. The first kappa shape index (κ1) is 19.8. The number of thiazole rings is 1. The minimum Gasteiger partial charge on any atom is -0.487 e. The number of para-hydroxylation sites is 1. The molecule has 2 aromatic carbocycles. The predicted molar refractivity (Wildman–Crippen MR) is 117 cm³/mol. The number of hydrogen-bond donors (Lipinski definition) is 0. The van der Waals surface area contributed by atoms with Crippen LogP contribution in [0.3, 0.4) is 0 Å². The van der Waals surface area contributed by atoms with Crippen LogP contribution < -0.4 is 4.74 Å². The highest BCUT2D eigenvalue weighted by Crippen LogP contribution is 2.18. The van der Waals surface area contributed by atoms with Gasteiger partial charge in [0, 0.05) is 36.3 Å². The summed E-state index contributed by atoms with van der Waals surface area (Å²) >= 11 is 1.59. The normalized spacial score (nSPS) is 10.7. The van der Waals surface area contributed by atoms with Gasteiger partial charge < -0.3 is 9.64 Å². The number of aromatic nitrogens is 3. The molecule has 152 valence electrons. The quantitative estimate of drug-likeness (QED) is 0.444. The summed E-state index contributed by atoms with van der Waals surface area (Å²) in [5, 5.41) is 7.38. The largest absolute Gasteiger partial charge is 0.487 e. The molecule has 0 aliphatic rings. The maximum Gasteiger partial charge on any atom is 0.254 e. The zero-order valence-corrected chi connectivity index (χ0v) is 17.7. The number of benzene rings is 2. The third kappa shape index (κ3) is 4.75. The minimum atomic E-state index is -0.0718. The molecule has 30 heavy (non-hydrogen) atoms. The standard InChI is InChI=1S/C23H22N4O2S/c1-17-25-20(16-30-17)15-29-22-10-6-7-19(11-22)23(28)26(2)13-18-12-24-27(14-18)21-8-4-3-5-9-21/h3-12,14,16H,13,15H2,1-2H3. The van der Waals surface area contributed by atoms with Crippen LogP contribution in [0.2, 0.25) is 0 Å². The molecule has 0 spiro atoms.